The molecule has 1 heterocycles. The highest BCUT2D eigenvalue weighted by Crippen LogP contribution is 2.29. The summed E-state index contributed by atoms with van der Waals surface area (Å²) in [6, 6.07) is 20.9. The van der Waals surface area contributed by atoms with Gasteiger partial charge in [-0.05, 0) is 55.0 Å². The predicted octanol–water partition coefficient (Wildman–Crippen LogP) is 6.82. The van der Waals surface area contributed by atoms with E-state index in [1.54, 1.807) is 24.3 Å². The second-order valence-electron chi connectivity index (χ2n) is 6.84. The van der Waals surface area contributed by atoms with Gasteiger partial charge >= 0.3 is 0 Å². The highest BCUT2D eigenvalue weighted by Gasteiger charge is 2.11. The van der Waals surface area contributed by atoms with Gasteiger partial charge in [-0.3, -0.25) is 0 Å². The van der Waals surface area contributed by atoms with Gasteiger partial charge in [0.15, 0.2) is 0 Å². The number of H-pyrrole nitrogens is 1. The molecule has 148 valence electrons. The van der Waals surface area contributed by atoms with Crippen LogP contribution in [0.15, 0.2) is 60.7 Å². The van der Waals surface area contributed by atoms with Gasteiger partial charge < -0.3 is 9.72 Å². The fourth-order valence-corrected chi connectivity index (χ4v) is 3.47. The number of aryl methyl sites for hydroxylation is 1. The van der Waals surface area contributed by atoms with Gasteiger partial charge in [0.25, 0.3) is 0 Å². The average Bonchev–Trinajstić information content (AvgIpc) is 3.15. The lowest BCUT2D eigenvalue weighted by Crippen LogP contribution is -1.98. The molecule has 0 aliphatic rings. The minimum absolute atomic E-state index is 0.300. The summed E-state index contributed by atoms with van der Waals surface area (Å²) in [5, 5.41) is 10.9. The molecule has 1 N–H and O–H groups in total. The van der Waals surface area contributed by atoms with Crippen molar-refractivity contribution < 1.29 is 4.74 Å². The molecule has 30 heavy (non-hydrogen) atoms. The van der Waals surface area contributed by atoms with Gasteiger partial charge in [-0.15, -0.1) is 0 Å². The fraction of sp³-hybridized carbons (Fsp3) is 0.0833. The molecule has 0 aliphatic heterocycles. The van der Waals surface area contributed by atoms with Crippen LogP contribution in [0.25, 0.3) is 22.7 Å². The molecule has 0 saturated heterocycles. The van der Waals surface area contributed by atoms with Crippen molar-refractivity contribution in [3.63, 3.8) is 0 Å². The van der Waals surface area contributed by atoms with Crippen LogP contribution in [0.4, 0.5) is 0 Å². The molecule has 6 heteroatoms. The number of halogens is 2. The van der Waals surface area contributed by atoms with Crippen LogP contribution >= 0.6 is 23.2 Å². The van der Waals surface area contributed by atoms with Crippen molar-refractivity contribution in [3.05, 3.63) is 93.2 Å². The van der Waals surface area contributed by atoms with Crippen LogP contribution in [-0.4, -0.2) is 9.97 Å². The van der Waals surface area contributed by atoms with E-state index >= 15 is 0 Å². The molecule has 4 rings (SSSR count). The molecule has 1 aromatic heterocycles. The number of hydrogen-bond acceptors (Lipinski definition) is 3. The molecule has 4 aromatic rings. The largest absolute Gasteiger partial charge is 0.488 e. The second kappa shape index (κ2) is 8.62. The summed E-state index contributed by atoms with van der Waals surface area (Å²) in [7, 11) is 0. The highest BCUT2D eigenvalue weighted by molar-refractivity contribution is 6.31. The Labute approximate surface area is 184 Å². The van der Waals surface area contributed by atoms with Crippen molar-refractivity contribution in [3.8, 4) is 11.8 Å². The maximum atomic E-state index is 9.76. The van der Waals surface area contributed by atoms with Crippen LogP contribution in [-0.2, 0) is 6.61 Å². The van der Waals surface area contributed by atoms with E-state index in [9.17, 15) is 5.26 Å². The summed E-state index contributed by atoms with van der Waals surface area (Å²) in [5.74, 6) is 1.09. The van der Waals surface area contributed by atoms with Crippen LogP contribution < -0.4 is 4.74 Å². The number of hydrogen-bond donors (Lipinski definition) is 1. The van der Waals surface area contributed by atoms with Crippen molar-refractivity contribution in [2.45, 2.75) is 13.5 Å². The second-order valence-corrected chi connectivity index (χ2v) is 7.68. The normalized spacial score (nSPS) is 11.5. The van der Waals surface area contributed by atoms with Gasteiger partial charge in [0.1, 0.15) is 24.3 Å². The van der Waals surface area contributed by atoms with Crippen LogP contribution in [0.3, 0.4) is 0 Å². The lowest BCUT2D eigenvalue weighted by Gasteiger charge is -2.11. The van der Waals surface area contributed by atoms with E-state index in [1.807, 2.05) is 49.4 Å². The van der Waals surface area contributed by atoms with E-state index in [-0.39, 0.29) is 0 Å². The third kappa shape index (κ3) is 4.33. The van der Waals surface area contributed by atoms with E-state index in [0.29, 0.717) is 39.4 Å². The quantitative estimate of drug-likeness (QED) is 0.351. The maximum Gasteiger partial charge on any atom is 0.149 e. The number of nitrogens with one attached hydrogen (secondary N) is 1. The van der Waals surface area contributed by atoms with Crippen molar-refractivity contribution in [2.24, 2.45) is 0 Å². The number of aromatic nitrogens is 2. The van der Waals surface area contributed by atoms with Gasteiger partial charge in [-0.1, -0.05) is 47.5 Å². The summed E-state index contributed by atoms with van der Waals surface area (Å²) in [6.45, 7) is 2.31. The number of allylic oxidation sites excluding steroid dienone is 1. The van der Waals surface area contributed by atoms with E-state index in [2.05, 4.69) is 16.0 Å². The van der Waals surface area contributed by atoms with Gasteiger partial charge in [-0.2, -0.15) is 5.26 Å². The number of imidazole rings is 1. The molecule has 0 fully saturated rings. The molecule has 0 spiro atoms. The van der Waals surface area contributed by atoms with Crippen molar-refractivity contribution in [1.29, 1.82) is 5.26 Å². The zero-order valence-corrected chi connectivity index (χ0v) is 17.6. The van der Waals surface area contributed by atoms with Crippen LogP contribution in [0.2, 0.25) is 10.0 Å². The third-order valence-corrected chi connectivity index (χ3v) is 5.23. The topological polar surface area (TPSA) is 61.7 Å². The highest BCUT2D eigenvalue weighted by atomic mass is 35.5. The summed E-state index contributed by atoms with van der Waals surface area (Å²) in [4.78, 5) is 7.75. The van der Waals surface area contributed by atoms with E-state index in [0.717, 1.165) is 22.2 Å². The Hall–Kier alpha value is -3.26. The first kappa shape index (κ1) is 20.0. The zero-order valence-electron chi connectivity index (χ0n) is 16.1. The predicted molar refractivity (Wildman–Crippen MR) is 122 cm³/mol. The van der Waals surface area contributed by atoms with E-state index < -0.39 is 0 Å². The molecule has 0 amide bonds. The maximum absolute atomic E-state index is 9.76. The van der Waals surface area contributed by atoms with Gasteiger partial charge in [0, 0.05) is 21.2 Å². The van der Waals surface area contributed by atoms with E-state index in [1.165, 1.54) is 0 Å². The van der Waals surface area contributed by atoms with Gasteiger partial charge in [-0.25, -0.2) is 4.98 Å². The lowest BCUT2D eigenvalue weighted by molar-refractivity contribution is 0.305. The molecule has 4 nitrogen and oxygen atoms in total. The number of aromatic amines is 1. The third-order valence-electron chi connectivity index (χ3n) is 4.63. The Morgan fingerprint density at radius 1 is 1.13 bits per heavy atom. The first-order valence-corrected chi connectivity index (χ1v) is 10.0. The van der Waals surface area contributed by atoms with Gasteiger partial charge in [0.05, 0.1) is 16.6 Å². The number of nitriles is 1. The number of rotatable bonds is 5. The molecule has 0 bridgehead atoms. The summed E-state index contributed by atoms with van der Waals surface area (Å²) in [5.41, 5.74) is 4.74. The van der Waals surface area contributed by atoms with Crippen molar-refractivity contribution in [2.75, 3.05) is 0 Å². The number of fused-ring (bicyclic) bond motifs is 1. The average molecular weight is 434 g/mol. The molecule has 0 radical (unpaired) electrons. The minimum atomic E-state index is 0.300. The summed E-state index contributed by atoms with van der Waals surface area (Å²) < 4.78 is 5.99. The Morgan fingerprint density at radius 3 is 2.77 bits per heavy atom. The summed E-state index contributed by atoms with van der Waals surface area (Å²) >= 11 is 12.4. The van der Waals surface area contributed by atoms with Crippen molar-refractivity contribution in [1.82, 2.24) is 9.97 Å². The zero-order chi connectivity index (χ0) is 21.1. The molecule has 0 unspecified atom stereocenters. The standard InChI is InChI=1S/C24H17Cl2N3O/c1-15-6-8-21-22(10-15)29-24(28-21)18(13-27)11-17-12-19(25)7-9-23(17)30-14-16-4-2-3-5-20(16)26/h2-12H,14H2,1H3,(H,28,29)/b18-11+. The Morgan fingerprint density at radius 2 is 1.97 bits per heavy atom. The SMILES string of the molecule is Cc1ccc2nc(/C(C#N)=C/c3cc(Cl)ccc3OCc3ccccc3Cl)[nH]c2c1. The summed E-state index contributed by atoms with van der Waals surface area (Å²) in [6.07, 6.45) is 1.72. The smallest absolute Gasteiger partial charge is 0.149 e. The first-order chi connectivity index (χ1) is 14.5. The number of benzene rings is 3. The molecular weight excluding hydrogens is 417 g/mol. The molecule has 0 atom stereocenters. The number of ether oxygens (including phenoxy) is 1. The molecular formula is C24H17Cl2N3O. The van der Waals surface area contributed by atoms with Crippen LogP contribution in [0.1, 0.15) is 22.5 Å². The first-order valence-electron chi connectivity index (χ1n) is 9.28. The van der Waals surface area contributed by atoms with E-state index in [4.69, 9.17) is 27.9 Å². The van der Waals surface area contributed by atoms with Crippen molar-refractivity contribution >= 4 is 45.9 Å². The van der Waals surface area contributed by atoms with Crippen LogP contribution in [0, 0.1) is 18.3 Å². The Kier molecular flexibility index (Phi) is 5.76. The molecule has 0 saturated carbocycles. The van der Waals surface area contributed by atoms with Crippen LogP contribution in [0.5, 0.6) is 5.75 Å². The molecule has 3 aromatic carbocycles. The Bertz CT molecular complexity index is 1300. The number of nitrogens with zero attached hydrogens (tertiary/aromatic N) is 2. The lowest BCUT2D eigenvalue weighted by atomic mass is 10.1. The minimum Gasteiger partial charge on any atom is -0.488 e. The molecule has 0 aliphatic carbocycles. The van der Waals surface area contributed by atoms with Gasteiger partial charge in [0.2, 0.25) is 0 Å². The Balaban J connectivity index is 1.69. The monoisotopic (exact) mass is 433 g/mol. The fourth-order valence-electron chi connectivity index (χ4n) is 3.09.